The highest BCUT2D eigenvalue weighted by Crippen LogP contribution is 2.34. The summed E-state index contributed by atoms with van der Waals surface area (Å²) < 4.78 is 6.46. The van der Waals surface area contributed by atoms with Gasteiger partial charge in [-0.25, -0.2) is 0 Å². The van der Waals surface area contributed by atoms with E-state index < -0.39 is 0 Å². The minimum atomic E-state index is 0.838. The maximum Gasteiger partial charge on any atom is 0.228 e. The number of aromatic nitrogens is 1. The van der Waals surface area contributed by atoms with Crippen molar-refractivity contribution in [2.75, 3.05) is 11.9 Å². The SMILES string of the molecule is Ic1ccccc1-c1noc2c1CCN2. The van der Waals surface area contributed by atoms with Crippen LogP contribution in [-0.4, -0.2) is 11.7 Å². The third-order valence-corrected chi connectivity index (χ3v) is 3.52. The molecule has 2 heterocycles. The normalized spacial score (nSPS) is 13.7. The third kappa shape index (κ3) is 1.43. The summed E-state index contributed by atoms with van der Waals surface area (Å²) in [4.78, 5) is 0. The molecule has 2 aromatic rings. The lowest BCUT2D eigenvalue weighted by molar-refractivity contribution is 0.436. The number of anilines is 1. The van der Waals surface area contributed by atoms with E-state index in [4.69, 9.17) is 4.52 Å². The van der Waals surface area contributed by atoms with E-state index in [0.717, 1.165) is 30.1 Å². The highest BCUT2D eigenvalue weighted by atomic mass is 127. The van der Waals surface area contributed by atoms with Crippen molar-refractivity contribution < 1.29 is 4.52 Å². The fourth-order valence-electron chi connectivity index (χ4n) is 1.85. The Morgan fingerprint density at radius 2 is 2.20 bits per heavy atom. The Labute approximate surface area is 101 Å². The van der Waals surface area contributed by atoms with Gasteiger partial charge < -0.3 is 9.84 Å². The van der Waals surface area contributed by atoms with Crippen molar-refractivity contribution in [1.29, 1.82) is 0 Å². The minimum Gasteiger partial charge on any atom is -0.353 e. The number of benzene rings is 1. The predicted octanol–water partition coefficient (Wildman–Crippen LogP) is 2.91. The first kappa shape index (κ1) is 9.21. The van der Waals surface area contributed by atoms with Crippen LogP contribution in [0.25, 0.3) is 11.3 Å². The lowest BCUT2D eigenvalue weighted by Crippen LogP contribution is -1.93. The van der Waals surface area contributed by atoms with Crippen LogP contribution >= 0.6 is 22.6 Å². The van der Waals surface area contributed by atoms with Gasteiger partial charge in [0.25, 0.3) is 0 Å². The van der Waals surface area contributed by atoms with Gasteiger partial charge in [-0.2, -0.15) is 0 Å². The average Bonchev–Trinajstić information content (AvgIpc) is 2.80. The molecule has 0 radical (unpaired) electrons. The first-order valence-corrected chi connectivity index (χ1v) is 5.91. The largest absolute Gasteiger partial charge is 0.353 e. The fourth-order valence-corrected chi connectivity index (χ4v) is 2.49. The highest BCUT2D eigenvalue weighted by molar-refractivity contribution is 14.1. The van der Waals surface area contributed by atoms with Gasteiger partial charge in [0.05, 0.1) is 0 Å². The number of nitrogens with zero attached hydrogens (tertiary/aromatic N) is 1. The van der Waals surface area contributed by atoms with Gasteiger partial charge in [-0.3, -0.25) is 0 Å². The molecule has 3 rings (SSSR count). The van der Waals surface area contributed by atoms with Crippen LogP contribution in [0.4, 0.5) is 5.88 Å². The smallest absolute Gasteiger partial charge is 0.228 e. The van der Waals surface area contributed by atoms with E-state index in [0.29, 0.717) is 0 Å². The number of fused-ring (bicyclic) bond motifs is 1. The van der Waals surface area contributed by atoms with Gasteiger partial charge in [0.2, 0.25) is 5.88 Å². The summed E-state index contributed by atoms with van der Waals surface area (Å²) in [5.74, 6) is 0.838. The quantitative estimate of drug-likeness (QED) is 0.823. The van der Waals surface area contributed by atoms with Crippen LogP contribution in [0, 0.1) is 3.57 Å². The molecule has 15 heavy (non-hydrogen) atoms. The predicted molar refractivity (Wildman–Crippen MR) is 66.8 cm³/mol. The van der Waals surface area contributed by atoms with Gasteiger partial charge in [0, 0.05) is 21.2 Å². The molecular formula is C11H9IN2O. The minimum absolute atomic E-state index is 0.838. The average molecular weight is 312 g/mol. The van der Waals surface area contributed by atoms with E-state index in [1.807, 2.05) is 12.1 Å². The number of halogens is 1. The molecular weight excluding hydrogens is 303 g/mol. The van der Waals surface area contributed by atoms with Crippen LogP contribution < -0.4 is 5.32 Å². The lowest BCUT2D eigenvalue weighted by atomic mass is 10.1. The van der Waals surface area contributed by atoms with Crippen molar-refractivity contribution in [3.63, 3.8) is 0 Å². The maximum atomic E-state index is 5.25. The summed E-state index contributed by atoms with van der Waals surface area (Å²) in [5.41, 5.74) is 3.35. The van der Waals surface area contributed by atoms with Crippen LogP contribution in [0.15, 0.2) is 28.8 Å². The number of hydrogen-bond donors (Lipinski definition) is 1. The molecule has 1 aromatic carbocycles. The van der Waals surface area contributed by atoms with E-state index in [1.54, 1.807) is 0 Å². The highest BCUT2D eigenvalue weighted by Gasteiger charge is 2.22. The summed E-state index contributed by atoms with van der Waals surface area (Å²) in [6, 6.07) is 8.22. The van der Waals surface area contributed by atoms with Crippen molar-refractivity contribution in [2.24, 2.45) is 0 Å². The van der Waals surface area contributed by atoms with E-state index in [9.17, 15) is 0 Å². The molecule has 0 fully saturated rings. The monoisotopic (exact) mass is 312 g/mol. The number of nitrogens with one attached hydrogen (secondary N) is 1. The summed E-state index contributed by atoms with van der Waals surface area (Å²) in [6.45, 7) is 0.951. The molecule has 76 valence electrons. The molecule has 0 saturated carbocycles. The Hall–Kier alpha value is -1.04. The van der Waals surface area contributed by atoms with Crippen molar-refractivity contribution in [3.05, 3.63) is 33.4 Å². The molecule has 0 bridgehead atoms. The standard InChI is InChI=1S/C11H9IN2O/c12-9-4-2-1-3-7(9)10-8-5-6-13-11(8)15-14-10/h1-4,13H,5-6H2. The molecule has 1 aromatic heterocycles. The van der Waals surface area contributed by atoms with E-state index in [1.165, 1.54) is 9.13 Å². The third-order valence-electron chi connectivity index (χ3n) is 2.58. The van der Waals surface area contributed by atoms with Gasteiger partial charge in [0.15, 0.2) is 0 Å². The van der Waals surface area contributed by atoms with Crippen molar-refractivity contribution in [3.8, 4) is 11.3 Å². The topological polar surface area (TPSA) is 38.1 Å². The Bertz CT molecular complexity index is 507. The van der Waals surface area contributed by atoms with Gasteiger partial charge in [-0.05, 0) is 35.1 Å². The van der Waals surface area contributed by atoms with Gasteiger partial charge in [0.1, 0.15) is 5.69 Å². The summed E-state index contributed by atoms with van der Waals surface area (Å²) in [5, 5.41) is 7.30. The first-order valence-electron chi connectivity index (χ1n) is 4.83. The fraction of sp³-hybridized carbons (Fsp3) is 0.182. The van der Waals surface area contributed by atoms with E-state index in [2.05, 4.69) is 45.2 Å². The zero-order valence-corrected chi connectivity index (χ0v) is 10.1. The van der Waals surface area contributed by atoms with Gasteiger partial charge >= 0.3 is 0 Å². The molecule has 1 aliphatic rings. The van der Waals surface area contributed by atoms with Crippen molar-refractivity contribution >= 4 is 28.5 Å². The number of rotatable bonds is 1. The molecule has 0 unspecified atom stereocenters. The van der Waals surface area contributed by atoms with Crippen LogP contribution in [0.5, 0.6) is 0 Å². The molecule has 1 N–H and O–H groups in total. The Balaban J connectivity index is 2.17. The molecule has 0 aliphatic carbocycles. The Kier molecular flexibility index (Phi) is 2.16. The number of hydrogen-bond acceptors (Lipinski definition) is 3. The van der Waals surface area contributed by atoms with Gasteiger partial charge in [-0.1, -0.05) is 23.4 Å². The summed E-state index contributed by atoms with van der Waals surface area (Å²) in [7, 11) is 0. The first-order chi connectivity index (χ1) is 7.36. The second-order valence-corrected chi connectivity index (χ2v) is 4.66. The lowest BCUT2D eigenvalue weighted by Gasteiger charge is -2.00. The van der Waals surface area contributed by atoms with Crippen LogP contribution in [0.1, 0.15) is 5.56 Å². The van der Waals surface area contributed by atoms with Crippen LogP contribution in [0.2, 0.25) is 0 Å². The molecule has 1 aliphatic heterocycles. The zero-order valence-electron chi connectivity index (χ0n) is 7.96. The molecule has 0 amide bonds. The Morgan fingerprint density at radius 1 is 1.33 bits per heavy atom. The molecule has 0 spiro atoms. The van der Waals surface area contributed by atoms with E-state index >= 15 is 0 Å². The molecule has 3 nitrogen and oxygen atoms in total. The molecule has 0 saturated heterocycles. The van der Waals surface area contributed by atoms with Crippen molar-refractivity contribution in [1.82, 2.24) is 5.16 Å². The second kappa shape index (κ2) is 3.52. The zero-order chi connectivity index (χ0) is 10.3. The maximum absolute atomic E-state index is 5.25. The summed E-state index contributed by atoms with van der Waals surface area (Å²) >= 11 is 2.32. The molecule has 0 atom stereocenters. The van der Waals surface area contributed by atoms with Crippen LogP contribution in [-0.2, 0) is 6.42 Å². The second-order valence-electron chi connectivity index (χ2n) is 3.50. The molecule has 4 heteroatoms. The summed E-state index contributed by atoms with van der Waals surface area (Å²) in [6.07, 6.45) is 0.999. The van der Waals surface area contributed by atoms with Crippen LogP contribution in [0.3, 0.4) is 0 Å². The van der Waals surface area contributed by atoms with Crippen molar-refractivity contribution in [2.45, 2.75) is 6.42 Å². The van der Waals surface area contributed by atoms with Gasteiger partial charge in [-0.15, -0.1) is 0 Å². The van der Waals surface area contributed by atoms with E-state index in [-0.39, 0.29) is 0 Å². The Morgan fingerprint density at radius 3 is 3.07 bits per heavy atom.